The Morgan fingerprint density at radius 1 is 1.14 bits per heavy atom. The van der Waals surface area contributed by atoms with E-state index in [0.717, 1.165) is 21.0 Å². The summed E-state index contributed by atoms with van der Waals surface area (Å²) in [5, 5.41) is 1.02. The number of fused-ring (bicyclic) bond motifs is 1. The molecule has 3 rings (SSSR count). The zero-order chi connectivity index (χ0) is 15.1. The molecule has 0 aliphatic carbocycles. The van der Waals surface area contributed by atoms with Crippen molar-refractivity contribution in [1.29, 1.82) is 0 Å². The molecule has 1 unspecified atom stereocenters. The van der Waals surface area contributed by atoms with Gasteiger partial charge in [-0.1, -0.05) is 28.1 Å². The average molecular weight is 348 g/mol. The zero-order valence-electron chi connectivity index (χ0n) is 11.8. The lowest BCUT2D eigenvalue weighted by atomic mass is 10.0. The Balaban J connectivity index is 2.10. The van der Waals surface area contributed by atoms with Crippen LogP contribution in [-0.4, -0.2) is 0 Å². The van der Waals surface area contributed by atoms with E-state index in [1.165, 1.54) is 6.07 Å². The van der Waals surface area contributed by atoms with Crippen LogP contribution in [0.3, 0.4) is 0 Å². The van der Waals surface area contributed by atoms with Crippen LogP contribution in [0.1, 0.15) is 28.5 Å². The highest BCUT2D eigenvalue weighted by Crippen LogP contribution is 2.33. The van der Waals surface area contributed by atoms with Gasteiger partial charge in [-0.2, -0.15) is 0 Å². The Hall–Kier alpha value is -1.65. The molecule has 3 aromatic rings. The predicted molar refractivity (Wildman–Crippen MR) is 85.8 cm³/mol. The van der Waals surface area contributed by atoms with Crippen LogP contribution < -0.4 is 5.73 Å². The first kappa shape index (κ1) is 14.3. The number of benzene rings is 2. The second kappa shape index (κ2) is 5.28. The number of aryl methyl sites for hydroxylation is 2. The quantitative estimate of drug-likeness (QED) is 0.708. The molecule has 4 heteroatoms. The maximum atomic E-state index is 13.7. The fourth-order valence-corrected chi connectivity index (χ4v) is 2.81. The number of furan rings is 1. The largest absolute Gasteiger partial charge is 0.459 e. The molecule has 0 fully saturated rings. The summed E-state index contributed by atoms with van der Waals surface area (Å²) in [5.74, 6) is 0.422. The molecule has 1 heterocycles. The normalized spacial score (nSPS) is 12.8. The number of rotatable bonds is 2. The zero-order valence-corrected chi connectivity index (χ0v) is 13.4. The third kappa shape index (κ3) is 2.49. The van der Waals surface area contributed by atoms with E-state index in [2.05, 4.69) is 15.9 Å². The lowest BCUT2D eigenvalue weighted by molar-refractivity contribution is 0.519. The Morgan fingerprint density at radius 2 is 1.90 bits per heavy atom. The molecule has 21 heavy (non-hydrogen) atoms. The molecule has 0 amide bonds. The van der Waals surface area contributed by atoms with Crippen molar-refractivity contribution in [2.24, 2.45) is 5.73 Å². The molecule has 0 aliphatic heterocycles. The summed E-state index contributed by atoms with van der Waals surface area (Å²) in [5.41, 5.74) is 9.35. The first-order chi connectivity index (χ1) is 9.97. The molecule has 2 aromatic carbocycles. The van der Waals surface area contributed by atoms with Crippen LogP contribution in [0.4, 0.5) is 4.39 Å². The van der Waals surface area contributed by atoms with E-state index >= 15 is 0 Å². The van der Waals surface area contributed by atoms with Gasteiger partial charge in [0.2, 0.25) is 0 Å². The van der Waals surface area contributed by atoms with Crippen molar-refractivity contribution < 1.29 is 8.81 Å². The van der Waals surface area contributed by atoms with Crippen molar-refractivity contribution in [3.8, 4) is 0 Å². The van der Waals surface area contributed by atoms with Gasteiger partial charge in [0.15, 0.2) is 0 Å². The van der Waals surface area contributed by atoms with E-state index in [4.69, 9.17) is 10.2 Å². The van der Waals surface area contributed by atoms with Gasteiger partial charge in [-0.25, -0.2) is 4.39 Å². The summed E-state index contributed by atoms with van der Waals surface area (Å²) in [6.45, 7) is 3.70. The standard InChI is InChI=1S/C17H15BrFNO/c1-9-3-4-11(7-14(9)19)16(20)17-10(2)13-6-5-12(18)8-15(13)21-17/h3-8,16H,20H2,1-2H3. The molecule has 0 saturated carbocycles. The molecule has 0 bridgehead atoms. The van der Waals surface area contributed by atoms with Gasteiger partial charge in [0, 0.05) is 15.4 Å². The molecule has 0 spiro atoms. The molecule has 108 valence electrons. The maximum absolute atomic E-state index is 13.7. The third-order valence-corrected chi connectivity index (χ3v) is 4.27. The van der Waals surface area contributed by atoms with E-state index in [1.54, 1.807) is 13.0 Å². The van der Waals surface area contributed by atoms with Crippen molar-refractivity contribution in [3.05, 3.63) is 69.1 Å². The van der Waals surface area contributed by atoms with Crippen molar-refractivity contribution in [2.45, 2.75) is 19.9 Å². The lowest BCUT2D eigenvalue weighted by Crippen LogP contribution is -2.12. The highest BCUT2D eigenvalue weighted by molar-refractivity contribution is 9.10. The Morgan fingerprint density at radius 3 is 2.62 bits per heavy atom. The number of halogens is 2. The van der Waals surface area contributed by atoms with Crippen LogP contribution in [0, 0.1) is 19.7 Å². The van der Waals surface area contributed by atoms with E-state index in [9.17, 15) is 4.39 Å². The van der Waals surface area contributed by atoms with Crippen LogP contribution in [0.5, 0.6) is 0 Å². The second-order valence-electron chi connectivity index (χ2n) is 5.22. The van der Waals surface area contributed by atoms with E-state index < -0.39 is 6.04 Å². The van der Waals surface area contributed by atoms with Gasteiger partial charge < -0.3 is 10.2 Å². The van der Waals surface area contributed by atoms with Gasteiger partial charge in [0.25, 0.3) is 0 Å². The fourth-order valence-electron chi connectivity index (χ4n) is 2.47. The summed E-state index contributed by atoms with van der Waals surface area (Å²) < 4.78 is 20.6. The first-order valence-electron chi connectivity index (χ1n) is 6.67. The maximum Gasteiger partial charge on any atom is 0.135 e. The van der Waals surface area contributed by atoms with Gasteiger partial charge >= 0.3 is 0 Å². The predicted octanol–water partition coefficient (Wildman–Crippen LogP) is 5.00. The van der Waals surface area contributed by atoms with Crippen LogP contribution >= 0.6 is 15.9 Å². The molecular weight excluding hydrogens is 333 g/mol. The lowest BCUT2D eigenvalue weighted by Gasteiger charge is -2.11. The molecule has 2 N–H and O–H groups in total. The third-order valence-electron chi connectivity index (χ3n) is 3.77. The monoisotopic (exact) mass is 347 g/mol. The van der Waals surface area contributed by atoms with Gasteiger partial charge in [-0.3, -0.25) is 0 Å². The Labute approximate surface area is 130 Å². The number of hydrogen-bond acceptors (Lipinski definition) is 2. The summed E-state index contributed by atoms with van der Waals surface area (Å²) in [6, 6.07) is 10.4. The van der Waals surface area contributed by atoms with Gasteiger partial charge in [0.1, 0.15) is 17.2 Å². The van der Waals surface area contributed by atoms with Crippen LogP contribution in [0.15, 0.2) is 45.3 Å². The molecule has 0 aliphatic rings. The van der Waals surface area contributed by atoms with E-state index in [0.29, 0.717) is 16.9 Å². The summed E-state index contributed by atoms with van der Waals surface area (Å²) in [4.78, 5) is 0. The van der Waals surface area contributed by atoms with E-state index in [-0.39, 0.29) is 5.82 Å². The molecular formula is C17H15BrFNO. The Kier molecular flexibility index (Phi) is 3.59. The van der Waals surface area contributed by atoms with Crippen LogP contribution in [-0.2, 0) is 0 Å². The number of nitrogens with two attached hydrogens (primary N) is 1. The highest BCUT2D eigenvalue weighted by Gasteiger charge is 2.19. The second-order valence-corrected chi connectivity index (χ2v) is 6.13. The molecule has 2 nitrogen and oxygen atoms in total. The average Bonchev–Trinajstić information content (AvgIpc) is 2.77. The summed E-state index contributed by atoms with van der Waals surface area (Å²) in [7, 11) is 0. The van der Waals surface area contributed by atoms with Crippen LogP contribution in [0.2, 0.25) is 0 Å². The van der Waals surface area contributed by atoms with Crippen molar-refractivity contribution >= 4 is 26.9 Å². The van der Waals surface area contributed by atoms with Gasteiger partial charge in [0.05, 0.1) is 6.04 Å². The minimum atomic E-state index is -0.480. The highest BCUT2D eigenvalue weighted by atomic mass is 79.9. The summed E-state index contributed by atoms with van der Waals surface area (Å²) in [6.07, 6.45) is 0. The smallest absolute Gasteiger partial charge is 0.135 e. The van der Waals surface area contributed by atoms with Crippen molar-refractivity contribution in [1.82, 2.24) is 0 Å². The molecule has 1 aromatic heterocycles. The van der Waals surface area contributed by atoms with Crippen LogP contribution in [0.25, 0.3) is 11.0 Å². The summed E-state index contributed by atoms with van der Waals surface area (Å²) >= 11 is 3.42. The molecule has 0 saturated heterocycles. The van der Waals surface area contributed by atoms with Gasteiger partial charge in [-0.15, -0.1) is 0 Å². The van der Waals surface area contributed by atoms with Crippen molar-refractivity contribution in [2.75, 3.05) is 0 Å². The van der Waals surface area contributed by atoms with Gasteiger partial charge in [-0.05, 0) is 49.2 Å². The molecule has 0 radical (unpaired) electrons. The number of hydrogen-bond donors (Lipinski definition) is 1. The minimum Gasteiger partial charge on any atom is -0.459 e. The molecule has 1 atom stereocenters. The SMILES string of the molecule is Cc1ccc(C(N)c2oc3cc(Br)ccc3c2C)cc1F. The first-order valence-corrected chi connectivity index (χ1v) is 7.47. The minimum absolute atomic E-state index is 0.251. The van der Waals surface area contributed by atoms with Crippen molar-refractivity contribution in [3.63, 3.8) is 0 Å². The van der Waals surface area contributed by atoms with E-state index in [1.807, 2.05) is 31.2 Å². The topological polar surface area (TPSA) is 39.2 Å². The fraction of sp³-hybridized carbons (Fsp3) is 0.176. The Bertz CT molecular complexity index is 825.